The number of nitrogens with one attached hydrogen (secondary N) is 2. The molecule has 0 saturated heterocycles. The molecular formula is C19H19F4N9O2. The summed E-state index contributed by atoms with van der Waals surface area (Å²) in [5, 5.41) is 16.1. The quantitative estimate of drug-likeness (QED) is 0.298. The summed E-state index contributed by atoms with van der Waals surface area (Å²) in [7, 11) is 1.40. The van der Waals surface area contributed by atoms with Crippen LogP contribution in [-0.2, 0) is 10.9 Å². The van der Waals surface area contributed by atoms with Gasteiger partial charge in [-0.15, -0.1) is 10.2 Å². The Labute approximate surface area is 190 Å². The molecule has 2 N–H and O–H groups in total. The van der Waals surface area contributed by atoms with Crippen molar-refractivity contribution in [3.05, 3.63) is 41.7 Å². The number of pyridine rings is 1. The number of carbonyl (C=O) groups is 1. The van der Waals surface area contributed by atoms with Crippen molar-refractivity contribution in [2.45, 2.75) is 26.1 Å². The maximum Gasteiger partial charge on any atom is 0.420 e. The summed E-state index contributed by atoms with van der Waals surface area (Å²) in [6.07, 6.45) is -2.01. The second kappa shape index (κ2) is 9.78. The van der Waals surface area contributed by atoms with E-state index in [0.29, 0.717) is 11.2 Å². The summed E-state index contributed by atoms with van der Waals surface area (Å²) in [5.41, 5.74) is -0.929. The van der Waals surface area contributed by atoms with Gasteiger partial charge in [0.2, 0.25) is 5.95 Å². The molecule has 0 aromatic carbocycles. The third-order valence-electron chi connectivity index (χ3n) is 4.46. The van der Waals surface area contributed by atoms with Crippen molar-refractivity contribution in [2.24, 2.45) is 10.2 Å². The highest BCUT2D eigenvalue weighted by Crippen LogP contribution is 2.37. The number of ether oxygens (including phenoxy) is 1. The van der Waals surface area contributed by atoms with Crippen molar-refractivity contribution >= 4 is 41.8 Å². The third kappa shape index (κ3) is 5.09. The van der Waals surface area contributed by atoms with Crippen LogP contribution >= 0.6 is 0 Å². The molecule has 0 spiro atoms. The summed E-state index contributed by atoms with van der Waals surface area (Å²) in [5.74, 6) is -1.42. The van der Waals surface area contributed by atoms with Gasteiger partial charge in [-0.1, -0.05) is 0 Å². The highest BCUT2D eigenvalue weighted by atomic mass is 19.4. The molecule has 2 amide bonds. The fourth-order valence-electron chi connectivity index (χ4n) is 2.97. The number of urea groups is 1. The number of amides is 2. The van der Waals surface area contributed by atoms with Crippen LogP contribution in [0.25, 0.3) is 5.65 Å². The van der Waals surface area contributed by atoms with Crippen molar-refractivity contribution in [1.82, 2.24) is 19.6 Å². The van der Waals surface area contributed by atoms with E-state index in [1.165, 1.54) is 26.4 Å². The first kappa shape index (κ1) is 24.5. The standard InChI is InChI=1S/C19H19F4N9O2/c1-5-27-32(24-3)17-12(19(21,22)23)6-11(8-26-17)28-18(33)29-13-9-25-15-7-14(20)30-31(15)16(13)10(2)34-4/h5-10H,3H2,1-2,4H3,(H2,28,29,33)/b27-5-/t10-/m0/s1. The number of hydrazone groups is 2. The van der Waals surface area contributed by atoms with E-state index in [9.17, 15) is 22.4 Å². The van der Waals surface area contributed by atoms with E-state index in [1.807, 2.05) is 0 Å². The molecule has 3 heterocycles. The number of hydrogen-bond donors (Lipinski definition) is 2. The number of carbonyl (C=O) groups excluding carboxylic acids is 1. The average molecular weight is 481 g/mol. The average Bonchev–Trinajstić information content (AvgIpc) is 3.16. The number of alkyl halides is 3. The van der Waals surface area contributed by atoms with Crippen LogP contribution in [0.3, 0.4) is 0 Å². The summed E-state index contributed by atoms with van der Waals surface area (Å²) >= 11 is 0. The predicted octanol–water partition coefficient (Wildman–Crippen LogP) is 4.06. The third-order valence-corrected chi connectivity index (χ3v) is 4.46. The van der Waals surface area contributed by atoms with E-state index in [1.54, 1.807) is 6.92 Å². The molecule has 0 aliphatic heterocycles. The molecule has 0 aliphatic carbocycles. The Morgan fingerprint density at radius 3 is 2.65 bits per heavy atom. The maximum atomic E-state index is 13.6. The Hall–Kier alpha value is -4.14. The number of halogens is 4. The normalized spacial score (nSPS) is 12.7. The van der Waals surface area contributed by atoms with Gasteiger partial charge in [0.25, 0.3) is 0 Å². The van der Waals surface area contributed by atoms with Crippen LogP contribution in [0.2, 0.25) is 0 Å². The number of methoxy groups -OCH3 is 1. The molecule has 15 heteroatoms. The largest absolute Gasteiger partial charge is 0.420 e. The minimum atomic E-state index is -4.83. The first-order chi connectivity index (χ1) is 16.1. The van der Waals surface area contributed by atoms with Crippen molar-refractivity contribution < 1.29 is 27.1 Å². The van der Waals surface area contributed by atoms with E-state index in [-0.39, 0.29) is 22.7 Å². The lowest BCUT2D eigenvalue weighted by atomic mass is 10.2. The fourth-order valence-corrected chi connectivity index (χ4v) is 2.97. The topological polar surface area (TPSA) is 121 Å². The maximum absolute atomic E-state index is 13.6. The Bertz CT molecular complexity index is 1240. The second-order valence-corrected chi connectivity index (χ2v) is 6.65. The number of aromatic nitrogens is 4. The molecule has 180 valence electrons. The molecule has 3 aromatic rings. The summed E-state index contributed by atoms with van der Waals surface area (Å²) < 4.78 is 60.9. The highest BCUT2D eigenvalue weighted by Gasteiger charge is 2.37. The molecule has 11 nitrogen and oxygen atoms in total. The molecule has 3 aromatic heterocycles. The van der Waals surface area contributed by atoms with Gasteiger partial charge in [0.15, 0.2) is 11.5 Å². The molecular weight excluding hydrogens is 462 g/mol. The van der Waals surface area contributed by atoms with E-state index in [4.69, 9.17) is 4.74 Å². The van der Waals surface area contributed by atoms with Gasteiger partial charge in [-0.3, -0.25) is 0 Å². The van der Waals surface area contributed by atoms with Gasteiger partial charge in [0.1, 0.15) is 5.56 Å². The molecule has 0 aliphatic rings. The smallest absolute Gasteiger partial charge is 0.375 e. The predicted molar refractivity (Wildman–Crippen MR) is 116 cm³/mol. The SMILES string of the molecule is C=NN(/N=C\C)c1ncc(NC(=O)Nc2cnc3cc(F)nn3c2[C@H](C)OC)cc1C(F)(F)F. The van der Waals surface area contributed by atoms with E-state index in [0.717, 1.165) is 16.8 Å². The van der Waals surface area contributed by atoms with Crippen LogP contribution in [-0.4, -0.2) is 45.7 Å². The Kier molecular flexibility index (Phi) is 7.05. The lowest BCUT2D eigenvalue weighted by Gasteiger charge is -2.19. The zero-order valence-electron chi connectivity index (χ0n) is 18.1. The number of rotatable bonds is 7. The molecule has 0 bridgehead atoms. The van der Waals surface area contributed by atoms with E-state index >= 15 is 0 Å². The molecule has 3 rings (SSSR count). The summed E-state index contributed by atoms with van der Waals surface area (Å²) in [6.45, 7) is 6.29. The van der Waals surface area contributed by atoms with Gasteiger partial charge in [-0.25, -0.2) is 19.3 Å². The zero-order chi connectivity index (χ0) is 25.0. The van der Waals surface area contributed by atoms with Crippen LogP contribution in [0.5, 0.6) is 0 Å². The van der Waals surface area contributed by atoms with E-state index in [2.05, 4.69) is 42.6 Å². The van der Waals surface area contributed by atoms with Crippen LogP contribution in [0.1, 0.15) is 31.2 Å². The van der Waals surface area contributed by atoms with Gasteiger partial charge >= 0.3 is 12.2 Å². The van der Waals surface area contributed by atoms with Gasteiger partial charge < -0.3 is 15.4 Å². The number of nitrogens with zero attached hydrogens (tertiary/aromatic N) is 7. The molecule has 0 unspecified atom stereocenters. The molecule has 0 radical (unpaired) electrons. The highest BCUT2D eigenvalue weighted by molar-refractivity contribution is 6.00. The summed E-state index contributed by atoms with van der Waals surface area (Å²) in [4.78, 5) is 20.3. The van der Waals surface area contributed by atoms with Crippen molar-refractivity contribution in [3.8, 4) is 0 Å². The van der Waals surface area contributed by atoms with Gasteiger partial charge in [0.05, 0.1) is 35.6 Å². The Balaban J connectivity index is 1.92. The van der Waals surface area contributed by atoms with Gasteiger partial charge in [0, 0.05) is 26.1 Å². The second-order valence-electron chi connectivity index (χ2n) is 6.65. The van der Waals surface area contributed by atoms with Crippen molar-refractivity contribution in [2.75, 3.05) is 22.9 Å². The fraction of sp³-hybridized carbons (Fsp3) is 0.263. The lowest BCUT2D eigenvalue weighted by molar-refractivity contribution is -0.137. The summed E-state index contributed by atoms with van der Waals surface area (Å²) in [6, 6.07) is 0.853. The zero-order valence-corrected chi connectivity index (χ0v) is 18.1. The first-order valence-corrected chi connectivity index (χ1v) is 9.56. The number of fused-ring (bicyclic) bond motifs is 1. The van der Waals surface area contributed by atoms with Crippen LogP contribution in [0, 0.1) is 5.95 Å². The molecule has 0 fully saturated rings. The minimum absolute atomic E-state index is 0.0994. The number of anilines is 3. The van der Waals surface area contributed by atoms with Gasteiger partial charge in [-0.2, -0.15) is 27.8 Å². The lowest BCUT2D eigenvalue weighted by Crippen LogP contribution is -2.23. The first-order valence-electron chi connectivity index (χ1n) is 9.56. The van der Waals surface area contributed by atoms with E-state index < -0.39 is 35.6 Å². The molecule has 1 atom stereocenters. The Morgan fingerprint density at radius 1 is 1.29 bits per heavy atom. The van der Waals surface area contributed by atoms with Crippen molar-refractivity contribution in [1.29, 1.82) is 0 Å². The molecule has 0 saturated carbocycles. The van der Waals surface area contributed by atoms with Crippen LogP contribution in [0.4, 0.5) is 39.5 Å². The monoisotopic (exact) mass is 481 g/mol. The van der Waals surface area contributed by atoms with Gasteiger partial charge in [-0.05, 0) is 19.9 Å². The molecule has 34 heavy (non-hydrogen) atoms. The number of hydrogen-bond acceptors (Lipinski definition) is 8. The van der Waals surface area contributed by atoms with Crippen LogP contribution < -0.4 is 15.8 Å². The van der Waals surface area contributed by atoms with Crippen molar-refractivity contribution in [3.63, 3.8) is 0 Å². The Morgan fingerprint density at radius 2 is 2.03 bits per heavy atom. The van der Waals surface area contributed by atoms with Crippen LogP contribution in [0.15, 0.2) is 34.7 Å². The minimum Gasteiger partial charge on any atom is -0.375 e.